The molecule has 0 aromatic rings. The third kappa shape index (κ3) is 5.72. The number of hydrogen-bond acceptors (Lipinski definition) is 9. The molecule has 0 fully saturated rings. The van der Waals surface area contributed by atoms with E-state index in [1.54, 1.807) is 34.6 Å². The molecule has 1 aliphatic rings. The molecule has 0 unspecified atom stereocenters. The maximum Gasteiger partial charge on any atom is 0.337 e. The summed E-state index contributed by atoms with van der Waals surface area (Å²) in [6, 6.07) is -0.986. The van der Waals surface area contributed by atoms with E-state index >= 15 is 0 Å². The smallest absolute Gasteiger partial charge is 0.337 e. The zero-order valence-electron chi connectivity index (χ0n) is 17.3. The van der Waals surface area contributed by atoms with Gasteiger partial charge in [-0.25, -0.2) is 9.59 Å². The summed E-state index contributed by atoms with van der Waals surface area (Å²) in [7, 11) is 0. The van der Waals surface area contributed by atoms with E-state index < -0.39 is 35.6 Å². The maximum atomic E-state index is 12.6. The molecular formula is C19H30N2O7. The van der Waals surface area contributed by atoms with Crippen molar-refractivity contribution < 1.29 is 33.7 Å². The predicted octanol–water partition coefficient (Wildman–Crippen LogP) is 0.740. The van der Waals surface area contributed by atoms with Crippen LogP contribution in [0.5, 0.6) is 0 Å². The Kier molecular flexibility index (Phi) is 8.49. The largest absolute Gasteiger partial charge is 0.466 e. The van der Waals surface area contributed by atoms with E-state index in [0.29, 0.717) is 11.4 Å². The SMILES string of the molecule is CCOC(=O)/C=C(\C)N[C@@H]1C(C(=O)OCC)=C(C)N[C@@](C)(O)[C@H]1C(=O)OCC. The molecule has 1 rings (SSSR count). The third-order valence-corrected chi connectivity index (χ3v) is 4.13. The number of ether oxygens (including phenoxy) is 3. The van der Waals surface area contributed by atoms with Gasteiger partial charge in [0.1, 0.15) is 11.6 Å². The Balaban J connectivity index is 3.41. The Hall–Kier alpha value is -2.55. The molecule has 3 atom stereocenters. The summed E-state index contributed by atoms with van der Waals surface area (Å²) in [4.78, 5) is 36.9. The van der Waals surface area contributed by atoms with E-state index in [1.165, 1.54) is 13.0 Å². The van der Waals surface area contributed by atoms with Crippen LogP contribution in [-0.4, -0.2) is 54.6 Å². The van der Waals surface area contributed by atoms with E-state index in [1.807, 2.05) is 0 Å². The second kappa shape index (κ2) is 10.1. The van der Waals surface area contributed by atoms with Gasteiger partial charge < -0.3 is 30.0 Å². The van der Waals surface area contributed by atoms with Gasteiger partial charge in [0, 0.05) is 17.5 Å². The topological polar surface area (TPSA) is 123 Å². The molecule has 1 heterocycles. The lowest BCUT2D eigenvalue weighted by molar-refractivity contribution is -0.162. The summed E-state index contributed by atoms with van der Waals surface area (Å²) < 4.78 is 15.1. The van der Waals surface area contributed by atoms with Crippen LogP contribution in [0.25, 0.3) is 0 Å². The van der Waals surface area contributed by atoms with E-state index in [2.05, 4.69) is 10.6 Å². The minimum Gasteiger partial charge on any atom is -0.466 e. The number of rotatable bonds is 8. The highest BCUT2D eigenvalue weighted by Crippen LogP contribution is 2.33. The van der Waals surface area contributed by atoms with Gasteiger partial charge in [-0.3, -0.25) is 4.79 Å². The first-order valence-corrected chi connectivity index (χ1v) is 9.25. The van der Waals surface area contributed by atoms with E-state index in [4.69, 9.17) is 14.2 Å². The number of carbonyl (C=O) groups is 3. The van der Waals surface area contributed by atoms with Crippen LogP contribution in [0.4, 0.5) is 0 Å². The second-order valence-electron chi connectivity index (χ2n) is 6.46. The number of hydrogen-bond donors (Lipinski definition) is 3. The van der Waals surface area contributed by atoms with E-state index in [0.717, 1.165) is 0 Å². The van der Waals surface area contributed by atoms with Gasteiger partial charge in [0.15, 0.2) is 0 Å². The number of nitrogens with one attached hydrogen (secondary N) is 2. The Bertz CT molecular complexity index is 667. The lowest BCUT2D eigenvalue weighted by Gasteiger charge is -2.43. The third-order valence-electron chi connectivity index (χ3n) is 4.13. The van der Waals surface area contributed by atoms with Crippen molar-refractivity contribution in [2.24, 2.45) is 5.92 Å². The molecule has 28 heavy (non-hydrogen) atoms. The molecule has 9 nitrogen and oxygen atoms in total. The van der Waals surface area contributed by atoms with Gasteiger partial charge in [-0.15, -0.1) is 0 Å². The normalized spacial score (nSPS) is 24.9. The van der Waals surface area contributed by atoms with Crippen molar-refractivity contribution in [1.82, 2.24) is 10.6 Å². The molecule has 0 radical (unpaired) electrons. The highest BCUT2D eigenvalue weighted by atomic mass is 16.5. The molecule has 0 aromatic carbocycles. The molecule has 1 aliphatic heterocycles. The Labute approximate surface area is 165 Å². The monoisotopic (exact) mass is 398 g/mol. The van der Waals surface area contributed by atoms with Crippen LogP contribution < -0.4 is 10.6 Å². The van der Waals surface area contributed by atoms with Gasteiger partial charge in [-0.2, -0.15) is 0 Å². The van der Waals surface area contributed by atoms with Crippen LogP contribution in [-0.2, 0) is 28.6 Å². The van der Waals surface area contributed by atoms with E-state index in [9.17, 15) is 19.5 Å². The molecule has 0 spiro atoms. The van der Waals surface area contributed by atoms with Crippen molar-refractivity contribution in [3.63, 3.8) is 0 Å². The van der Waals surface area contributed by atoms with Crippen molar-refractivity contribution in [3.8, 4) is 0 Å². The zero-order valence-corrected chi connectivity index (χ0v) is 17.3. The van der Waals surface area contributed by atoms with Crippen molar-refractivity contribution in [2.75, 3.05) is 19.8 Å². The summed E-state index contributed by atoms with van der Waals surface area (Å²) in [5, 5.41) is 16.6. The fraction of sp³-hybridized carbons (Fsp3) is 0.632. The number of allylic oxidation sites excluding steroid dienone is 2. The maximum absolute atomic E-state index is 12.6. The van der Waals surface area contributed by atoms with Crippen LogP contribution in [0.15, 0.2) is 23.0 Å². The van der Waals surface area contributed by atoms with Crippen LogP contribution in [0, 0.1) is 5.92 Å². The highest BCUT2D eigenvalue weighted by Gasteiger charge is 2.51. The van der Waals surface area contributed by atoms with Crippen LogP contribution in [0.3, 0.4) is 0 Å². The van der Waals surface area contributed by atoms with Crippen molar-refractivity contribution in [3.05, 3.63) is 23.0 Å². The summed E-state index contributed by atoms with van der Waals surface area (Å²) in [6.07, 6.45) is 1.21. The fourth-order valence-corrected chi connectivity index (χ4v) is 3.14. The highest BCUT2D eigenvalue weighted by molar-refractivity contribution is 5.93. The first kappa shape index (κ1) is 23.5. The molecular weight excluding hydrogens is 368 g/mol. The summed E-state index contributed by atoms with van der Waals surface area (Å²) in [6.45, 7) is 10.0. The Morgan fingerprint density at radius 3 is 2.25 bits per heavy atom. The van der Waals surface area contributed by atoms with E-state index in [-0.39, 0.29) is 25.4 Å². The minimum atomic E-state index is -1.70. The summed E-state index contributed by atoms with van der Waals surface area (Å²) in [5.74, 6) is -3.09. The lowest BCUT2D eigenvalue weighted by atomic mass is 9.80. The zero-order chi connectivity index (χ0) is 21.5. The first-order chi connectivity index (χ1) is 13.1. The molecule has 0 aromatic heterocycles. The van der Waals surface area contributed by atoms with Crippen LogP contribution in [0.2, 0.25) is 0 Å². The van der Waals surface area contributed by atoms with Crippen molar-refractivity contribution >= 4 is 17.9 Å². The molecule has 0 amide bonds. The molecule has 0 bridgehead atoms. The van der Waals surface area contributed by atoms with Crippen molar-refractivity contribution in [1.29, 1.82) is 0 Å². The van der Waals surface area contributed by atoms with Gasteiger partial charge in [-0.1, -0.05) is 0 Å². The summed E-state index contributed by atoms with van der Waals surface area (Å²) in [5.41, 5.74) is -0.854. The minimum absolute atomic E-state index is 0.104. The fourth-order valence-electron chi connectivity index (χ4n) is 3.14. The summed E-state index contributed by atoms with van der Waals surface area (Å²) >= 11 is 0. The quantitative estimate of drug-likeness (QED) is 0.308. The predicted molar refractivity (Wildman–Crippen MR) is 101 cm³/mol. The molecule has 158 valence electrons. The standard InChI is InChI=1S/C19H30N2O7/c1-7-26-13(22)10-11(4)20-16-14(17(23)27-8-2)12(5)21-19(6,25)15(16)18(24)28-9-3/h10,15-16,20-21,25H,7-9H2,1-6H3/b11-10+/t15-,16-,19+/m1/s1. The lowest BCUT2D eigenvalue weighted by Crippen LogP contribution is -2.63. The Morgan fingerprint density at radius 1 is 1.14 bits per heavy atom. The van der Waals surface area contributed by atoms with Gasteiger partial charge in [-0.05, 0) is 41.5 Å². The molecule has 0 saturated carbocycles. The van der Waals surface area contributed by atoms with Crippen LogP contribution >= 0.6 is 0 Å². The number of esters is 3. The molecule has 3 N–H and O–H groups in total. The first-order valence-electron chi connectivity index (χ1n) is 9.25. The molecule has 0 aliphatic carbocycles. The molecule has 0 saturated heterocycles. The van der Waals surface area contributed by atoms with Crippen LogP contribution in [0.1, 0.15) is 41.5 Å². The molecule has 9 heteroatoms. The van der Waals surface area contributed by atoms with Crippen molar-refractivity contribution in [2.45, 2.75) is 53.3 Å². The van der Waals surface area contributed by atoms with Gasteiger partial charge >= 0.3 is 17.9 Å². The number of aliphatic hydroxyl groups is 1. The Morgan fingerprint density at radius 2 is 1.71 bits per heavy atom. The average molecular weight is 398 g/mol. The average Bonchev–Trinajstić information content (AvgIpc) is 2.53. The second-order valence-corrected chi connectivity index (χ2v) is 6.46. The van der Waals surface area contributed by atoms with Gasteiger partial charge in [0.25, 0.3) is 0 Å². The number of carbonyl (C=O) groups excluding carboxylic acids is 3. The van der Waals surface area contributed by atoms with Gasteiger partial charge in [0.05, 0.1) is 31.4 Å². The van der Waals surface area contributed by atoms with Gasteiger partial charge in [0.2, 0.25) is 0 Å².